The van der Waals surface area contributed by atoms with Gasteiger partial charge in [0, 0.05) is 31.9 Å². The van der Waals surface area contributed by atoms with E-state index < -0.39 is 0 Å². The fourth-order valence-electron chi connectivity index (χ4n) is 4.91. The molecule has 1 unspecified atom stereocenters. The number of hydrogen-bond acceptors (Lipinski definition) is 8. The number of benzene rings is 2. The van der Waals surface area contributed by atoms with Gasteiger partial charge in [0.05, 0.1) is 32.9 Å². The maximum Gasteiger partial charge on any atom is 0.203 e. The summed E-state index contributed by atoms with van der Waals surface area (Å²) < 4.78 is 18.9. The number of methoxy groups -OCH3 is 3. The van der Waals surface area contributed by atoms with Crippen LogP contribution in [0.15, 0.2) is 30.3 Å². The van der Waals surface area contributed by atoms with Crippen molar-refractivity contribution in [1.82, 2.24) is 25.1 Å². The second-order valence-electron chi connectivity index (χ2n) is 10.3. The Morgan fingerprint density at radius 2 is 1.50 bits per heavy atom. The Labute approximate surface area is 213 Å². The average molecular weight is 495 g/mol. The summed E-state index contributed by atoms with van der Waals surface area (Å²) in [6.45, 7) is 14.2. The van der Waals surface area contributed by atoms with Gasteiger partial charge in [0.15, 0.2) is 17.3 Å². The van der Waals surface area contributed by atoms with Gasteiger partial charge < -0.3 is 19.1 Å². The first-order chi connectivity index (χ1) is 17.2. The highest BCUT2D eigenvalue weighted by Gasteiger charge is 2.34. The van der Waals surface area contributed by atoms with Gasteiger partial charge >= 0.3 is 0 Å². The molecule has 1 aliphatic heterocycles. The van der Waals surface area contributed by atoms with Crippen molar-refractivity contribution in [2.24, 2.45) is 0 Å². The summed E-state index contributed by atoms with van der Waals surface area (Å²) in [5.74, 6) is 2.58. The molecule has 9 heteroatoms. The van der Waals surface area contributed by atoms with Crippen LogP contribution >= 0.6 is 0 Å². The van der Waals surface area contributed by atoms with Crippen LogP contribution in [0.25, 0.3) is 0 Å². The molecule has 0 aliphatic carbocycles. The minimum absolute atomic E-state index is 0.186. The predicted octanol–water partition coefficient (Wildman–Crippen LogP) is 3.98. The van der Waals surface area contributed by atoms with Crippen LogP contribution in [0, 0.1) is 13.8 Å². The maximum absolute atomic E-state index is 5.68. The van der Waals surface area contributed by atoms with Crippen LogP contribution < -0.4 is 19.1 Å². The molecule has 4 rings (SSSR count). The van der Waals surface area contributed by atoms with E-state index in [9.17, 15) is 0 Å². The predicted molar refractivity (Wildman–Crippen MR) is 140 cm³/mol. The number of aryl methyl sites for hydroxylation is 2. The standard InChI is InChI=1S/C27H38N6O3/c1-18-9-10-19(2)21(15-18)31-11-13-32(14-12-31)24(26-28-29-30-33(26)27(3,4)5)20-16-22(34-6)25(36-8)23(17-20)35-7/h9-10,15-17,24H,11-14H2,1-8H3. The van der Waals surface area contributed by atoms with Crippen molar-refractivity contribution in [1.29, 1.82) is 0 Å². The molecule has 0 saturated carbocycles. The molecule has 1 atom stereocenters. The Morgan fingerprint density at radius 1 is 0.861 bits per heavy atom. The van der Waals surface area contributed by atoms with Crippen LogP contribution in [0.4, 0.5) is 5.69 Å². The molecule has 194 valence electrons. The largest absolute Gasteiger partial charge is 0.493 e. The number of hydrogen-bond donors (Lipinski definition) is 0. The zero-order valence-electron chi connectivity index (χ0n) is 22.7. The second-order valence-corrected chi connectivity index (χ2v) is 10.3. The molecule has 2 aromatic carbocycles. The molecule has 1 aromatic heterocycles. The van der Waals surface area contributed by atoms with E-state index in [1.807, 2.05) is 16.8 Å². The number of rotatable bonds is 7. The third-order valence-electron chi connectivity index (χ3n) is 6.76. The van der Waals surface area contributed by atoms with Gasteiger partial charge in [-0.3, -0.25) is 4.90 Å². The summed E-state index contributed by atoms with van der Waals surface area (Å²) in [6, 6.07) is 10.5. The fraction of sp³-hybridized carbons (Fsp3) is 0.519. The molecule has 0 amide bonds. The number of nitrogens with zero attached hydrogens (tertiary/aromatic N) is 6. The number of aromatic nitrogens is 4. The molecule has 0 radical (unpaired) electrons. The first kappa shape index (κ1) is 25.8. The monoisotopic (exact) mass is 494 g/mol. The molecule has 0 N–H and O–H groups in total. The fourth-order valence-corrected chi connectivity index (χ4v) is 4.91. The van der Waals surface area contributed by atoms with Gasteiger partial charge in [0.1, 0.15) is 0 Å². The smallest absolute Gasteiger partial charge is 0.203 e. The van der Waals surface area contributed by atoms with Crippen LogP contribution in [-0.2, 0) is 5.54 Å². The van der Waals surface area contributed by atoms with Crippen LogP contribution in [0.1, 0.15) is 49.3 Å². The highest BCUT2D eigenvalue weighted by molar-refractivity contribution is 5.56. The normalized spacial score (nSPS) is 15.6. The topological polar surface area (TPSA) is 77.8 Å². The number of anilines is 1. The molecule has 0 bridgehead atoms. The molecule has 1 fully saturated rings. The lowest BCUT2D eigenvalue weighted by Crippen LogP contribution is -2.49. The van der Waals surface area contributed by atoms with E-state index in [1.165, 1.54) is 16.8 Å². The van der Waals surface area contributed by atoms with Gasteiger partial charge in [0.25, 0.3) is 0 Å². The van der Waals surface area contributed by atoms with Gasteiger partial charge in [0.2, 0.25) is 5.75 Å². The van der Waals surface area contributed by atoms with E-state index in [0.717, 1.165) is 37.6 Å². The van der Waals surface area contributed by atoms with E-state index in [4.69, 9.17) is 14.2 Å². The minimum atomic E-state index is -0.280. The first-order valence-electron chi connectivity index (χ1n) is 12.3. The van der Waals surface area contributed by atoms with Gasteiger partial charge in [-0.05, 0) is 79.9 Å². The quantitative estimate of drug-likeness (QED) is 0.488. The first-order valence-corrected chi connectivity index (χ1v) is 12.3. The summed E-state index contributed by atoms with van der Waals surface area (Å²) in [5.41, 5.74) is 4.59. The van der Waals surface area contributed by atoms with Crippen LogP contribution in [0.3, 0.4) is 0 Å². The van der Waals surface area contributed by atoms with E-state index >= 15 is 0 Å². The van der Waals surface area contributed by atoms with Crippen molar-refractivity contribution in [2.45, 2.75) is 46.2 Å². The third kappa shape index (κ3) is 4.97. The van der Waals surface area contributed by atoms with E-state index in [1.54, 1.807) is 21.3 Å². The molecule has 1 saturated heterocycles. The lowest BCUT2D eigenvalue weighted by molar-refractivity contribution is 0.190. The van der Waals surface area contributed by atoms with Gasteiger partial charge in [-0.15, -0.1) is 5.10 Å². The van der Waals surface area contributed by atoms with Crippen LogP contribution in [0.2, 0.25) is 0 Å². The van der Waals surface area contributed by atoms with Crippen LogP contribution in [0.5, 0.6) is 17.2 Å². The molecule has 9 nitrogen and oxygen atoms in total. The zero-order chi connectivity index (χ0) is 26.0. The van der Waals surface area contributed by atoms with Crippen molar-refractivity contribution in [2.75, 3.05) is 52.4 Å². The maximum atomic E-state index is 5.68. The molecule has 3 aromatic rings. The Balaban J connectivity index is 1.75. The van der Waals surface area contributed by atoms with Crippen molar-refractivity contribution in [3.63, 3.8) is 0 Å². The molecule has 36 heavy (non-hydrogen) atoms. The Bertz CT molecular complexity index is 1170. The molecule has 0 spiro atoms. The third-order valence-corrected chi connectivity index (χ3v) is 6.76. The molecule has 1 aliphatic rings. The SMILES string of the molecule is COc1cc(C(c2nnnn2C(C)(C)C)N2CCN(c3cc(C)ccc3C)CC2)cc(OC)c1OC. The lowest BCUT2D eigenvalue weighted by atomic mass is 10.00. The highest BCUT2D eigenvalue weighted by atomic mass is 16.5. The summed E-state index contributed by atoms with van der Waals surface area (Å²) >= 11 is 0. The van der Waals surface area contributed by atoms with Crippen molar-refractivity contribution < 1.29 is 14.2 Å². The van der Waals surface area contributed by atoms with Crippen molar-refractivity contribution in [3.05, 3.63) is 52.8 Å². The second kappa shape index (κ2) is 10.3. The lowest BCUT2D eigenvalue weighted by Gasteiger charge is -2.41. The van der Waals surface area contributed by atoms with Gasteiger partial charge in [-0.2, -0.15) is 0 Å². The summed E-state index contributed by atoms with van der Waals surface area (Å²) in [7, 11) is 4.89. The summed E-state index contributed by atoms with van der Waals surface area (Å²) in [4.78, 5) is 4.91. The Morgan fingerprint density at radius 3 is 2.06 bits per heavy atom. The highest BCUT2D eigenvalue weighted by Crippen LogP contribution is 2.42. The minimum Gasteiger partial charge on any atom is -0.493 e. The van der Waals surface area contributed by atoms with E-state index in [-0.39, 0.29) is 11.6 Å². The van der Waals surface area contributed by atoms with E-state index in [2.05, 4.69) is 78.1 Å². The number of tetrazole rings is 1. The molecular formula is C27H38N6O3. The number of ether oxygens (including phenoxy) is 3. The van der Waals surface area contributed by atoms with Gasteiger partial charge in [-0.25, -0.2) is 4.68 Å². The zero-order valence-corrected chi connectivity index (χ0v) is 22.7. The summed E-state index contributed by atoms with van der Waals surface area (Å²) in [6.07, 6.45) is 0. The van der Waals surface area contributed by atoms with Crippen LogP contribution in [-0.4, -0.2) is 72.6 Å². The summed E-state index contributed by atoms with van der Waals surface area (Å²) in [5, 5.41) is 13.0. The number of piperazine rings is 1. The van der Waals surface area contributed by atoms with Gasteiger partial charge in [-0.1, -0.05) is 12.1 Å². The Kier molecular flexibility index (Phi) is 7.40. The molecular weight excluding hydrogens is 456 g/mol. The van der Waals surface area contributed by atoms with E-state index in [0.29, 0.717) is 17.2 Å². The Hall–Kier alpha value is -3.33. The average Bonchev–Trinajstić information content (AvgIpc) is 3.35. The van der Waals surface area contributed by atoms with Crippen molar-refractivity contribution in [3.8, 4) is 17.2 Å². The van der Waals surface area contributed by atoms with Crippen molar-refractivity contribution >= 4 is 5.69 Å². The molecule has 2 heterocycles.